The van der Waals surface area contributed by atoms with E-state index >= 15 is 0 Å². The highest BCUT2D eigenvalue weighted by atomic mass is 16.5. The fourth-order valence-electron chi connectivity index (χ4n) is 1.61. The molecule has 0 radical (unpaired) electrons. The van der Waals surface area contributed by atoms with Gasteiger partial charge in [-0.3, -0.25) is 4.79 Å². The van der Waals surface area contributed by atoms with E-state index in [2.05, 4.69) is 31.4 Å². The lowest BCUT2D eigenvalue weighted by molar-refractivity contribution is -0.120. The second kappa shape index (κ2) is 7.63. The van der Waals surface area contributed by atoms with Crippen molar-refractivity contribution in [1.29, 1.82) is 0 Å². The first-order valence-electron chi connectivity index (χ1n) is 5.96. The molecule has 0 aliphatic heterocycles. The van der Waals surface area contributed by atoms with Crippen molar-refractivity contribution >= 4 is 5.91 Å². The molecule has 1 amide bonds. The number of hydrogen-bond acceptors (Lipinski definition) is 3. The number of hydrogen-bond donors (Lipinski definition) is 2. The molecule has 1 unspecified atom stereocenters. The molecule has 96 valence electrons. The van der Waals surface area contributed by atoms with Crippen molar-refractivity contribution in [1.82, 2.24) is 10.6 Å². The second-order valence-electron chi connectivity index (χ2n) is 4.73. The van der Waals surface area contributed by atoms with Crippen LogP contribution in [0.3, 0.4) is 0 Å². The zero-order valence-electron chi connectivity index (χ0n) is 11.2. The maximum atomic E-state index is 11.2. The first kappa shape index (κ1) is 15.4. The molecule has 0 heterocycles. The first-order valence-corrected chi connectivity index (χ1v) is 5.96. The summed E-state index contributed by atoms with van der Waals surface area (Å²) in [7, 11) is 1.72. The molecule has 16 heavy (non-hydrogen) atoms. The SMILES string of the molecule is CCNC(=O)CCNC(C)CC(C)(C)OC. The maximum Gasteiger partial charge on any atom is 0.221 e. The molecule has 0 saturated carbocycles. The third kappa shape index (κ3) is 7.65. The van der Waals surface area contributed by atoms with Crippen LogP contribution >= 0.6 is 0 Å². The van der Waals surface area contributed by atoms with Crippen LogP contribution in [-0.2, 0) is 9.53 Å². The van der Waals surface area contributed by atoms with E-state index in [4.69, 9.17) is 4.74 Å². The lowest BCUT2D eigenvalue weighted by Crippen LogP contribution is -2.37. The Morgan fingerprint density at radius 3 is 2.56 bits per heavy atom. The van der Waals surface area contributed by atoms with E-state index in [9.17, 15) is 4.79 Å². The molecule has 0 fully saturated rings. The van der Waals surface area contributed by atoms with Crippen LogP contribution in [-0.4, -0.2) is 37.7 Å². The fourth-order valence-corrected chi connectivity index (χ4v) is 1.61. The van der Waals surface area contributed by atoms with Crippen LogP contribution in [0.2, 0.25) is 0 Å². The van der Waals surface area contributed by atoms with Gasteiger partial charge in [0.2, 0.25) is 5.91 Å². The molecule has 4 nitrogen and oxygen atoms in total. The van der Waals surface area contributed by atoms with Crippen LogP contribution in [0.15, 0.2) is 0 Å². The van der Waals surface area contributed by atoms with E-state index in [1.54, 1.807) is 7.11 Å². The zero-order valence-corrected chi connectivity index (χ0v) is 11.2. The van der Waals surface area contributed by atoms with Gasteiger partial charge in [-0.25, -0.2) is 0 Å². The number of ether oxygens (including phenoxy) is 1. The average molecular weight is 230 g/mol. The summed E-state index contributed by atoms with van der Waals surface area (Å²) < 4.78 is 5.36. The molecule has 0 bridgehead atoms. The van der Waals surface area contributed by atoms with Gasteiger partial charge in [-0.2, -0.15) is 0 Å². The van der Waals surface area contributed by atoms with Gasteiger partial charge >= 0.3 is 0 Å². The van der Waals surface area contributed by atoms with Gasteiger partial charge in [0.25, 0.3) is 0 Å². The van der Waals surface area contributed by atoms with E-state index in [0.717, 1.165) is 6.42 Å². The highest BCUT2D eigenvalue weighted by molar-refractivity contribution is 5.75. The third-order valence-corrected chi connectivity index (χ3v) is 2.57. The smallest absolute Gasteiger partial charge is 0.221 e. The van der Waals surface area contributed by atoms with Gasteiger partial charge in [-0.1, -0.05) is 0 Å². The number of nitrogens with one attached hydrogen (secondary N) is 2. The van der Waals surface area contributed by atoms with Gasteiger partial charge in [-0.05, 0) is 34.1 Å². The predicted octanol–water partition coefficient (Wildman–Crippen LogP) is 1.31. The maximum absolute atomic E-state index is 11.2. The van der Waals surface area contributed by atoms with Crippen LogP contribution in [0.4, 0.5) is 0 Å². The Balaban J connectivity index is 3.66. The summed E-state index contributed by atoms with van der Waals surface area (Å²) in [6.45, 7) is 9.58. The molecule has 0 aromatic carbocycles. The van der Waals surface area contributed by atoms with E-state index in [0.29, 0.717) is 25.6 Å². The van der Waals surface area contributed by atoms with E-state index < -0.39 is 0 Å². The van der Waals surface area contributed by atoms with E-state index in [1.165, 1.54) is 0 Å². The number of carbonyl (C=O) groups excluding carboxylic acids is 1. The zero-order chi connectivity index (χ0) is 12.6. The van der Waals surface area contributed by atoms with Crippen molar-refractivity contribution in [2.24, 2.45) is 0 Å². The van der Waals surface area contributed by atoms with Gasteiger partial charge in [0.1, 0.15) is 0 Å². The molecular formula is C12H26N2O2. The fraction of sp³-hybridized carbons (Fsp3) is 0.917. The van der Waals surface area contributed by atoms with Crippen molar-refractivity contribution in [2.75, 3.05) is 20.2 Å². The number of methoxy groups -OCH3 is 1. The standard InChI is InChI=1S/C12H26N2O2/c1-6-13-11(15)7-8-14-10(2)9-12(3,4)16-5/h10,14H,6-9H2,1-5H3,(H,13,15). The molecule has 0 aliphatic carbocycles. The minimum Gasteiger partial charge on any atom is -0.379 e. The Kier molecular flexibility index (Phi) is 7.34. The van der Waals surface area contributed by atoms with Gasteiger partial charge in [0.05, 0.1) is 5.60 Å². The minimum atomic E-state index is -0.113. The molecule has 0 aliphatic rings. The molecular weight excluding hydrogens is 204 g/mol. The molecule has 0 aromatic rings. The quantitative estimate of drug-likeness (QED) is 0.661. The summed E-state index contributed by atoms with van der Waals surface area (Å²) in [5.74, 6) is 0.105. The average Bonchev–Trinajstić information content (AvgIpc) is 2.17. The highest BCUT2D eigenvalue weighted by Crippen LogP contribution is 2.15. The monoisotopic (exact) mass is 230 g/mol. The largest absolute Gasteiger partial charge is 0.379 e. The van der Waals surface area contributed by atoms with Crippen LogP contribution < -0.4 is 10.6 Å². The molecule has 4 heteroatoms. The molecule has 0 rings (SSSR count). The number of carbonyl (C=O) groups is 1. The van der Waals surface area contributed by atoms with Gasteiger partial charge < -0.3 is 15.4 Å². The normalized spacial score (nSPS) is 13.6. The first-order chi connectivity index (χ1) is 7.41. The molecule has 1 atom stereocenters. The van der Waals surface area contributed by atoms with Gasteiger partial charge in [-0.15, -0.1) is 0 Å². The Morgan fingerprint density at radius 1 is 1.44 bits per heavy atom. The predicted molar refractivity (Wildman–Crippen MR) is 66.5 cm³/mol. The lowest BCUT2D eigenvalue weighted by Gasteiger charge is -2.27. The van der Waals surface area contributed by atoms with Crippen molar-refractivity contribution in [3.63, 3.8) is 0 Å². The Hall–Kier alpha value is -0.610. The summed E-state index contributed by atoms with van der Waals surface area (Å²) in [5, 5.41) is 6.10. The van der Waals surface area contributed by atoms with E-state index in [1.807, 2.05) is 6.92 Å². The molecule has 0 aromatic heterocycles. The van der Waals surface area contributed by atoms with Crippen molar-refractivity contribution in [2.45, 2.75) is 52.2 Å². The summed E-state index contributed by atoms with van der Waals surface area (Å²) in [6, 6.07) is 0.351. The minimum absolute atomic E-state index is 0.105. The highest BCUT2D eigenvalue weighted by Gasteiger charge is 2.19. The lowest BCUT2D eigenvalue weighted by atomic mass is 10.00. The Morgan fingerprint density at radius 2 is 2.06 bits per heavy atom. The Labute approximate surface area is 99.1 Å². The van der Waals surface area contributed by atoms with E-state index in [-0.39, 0.29) is 11.5 Å². The second-order valence-corrected chi connectivity index (χ2v) is 4.73. The third-order valence-electron chi connectivity index (χ3n) is 2.57. The summed E-state index contributed by atoms with van der Waals surface area (Å²) >= 11 is 0. The Bertz CT molecular complexity index is 205. The van der Waals surface area contributed by atoms with Crippen LogP contribution in [0.5, 0.6) is 0 Å². The van der Waals surface area contributed by atoms with Crippen molar-refractivity contribution in [3.8, 4) is 0 Å². The number of amides is 1. The van der Waals surface area contributed by atoms with Crippen LogP contribution in [0.1, 0.15) is 40.5 Å². The topological polar surface area (TPSA) is 50.4 Å². The van der Waals surface area contributed by atoms with Crippen LogP contribution in [0, 0.1) is 0 Å². The molecule has 0 saturated heterocycles. The van der Waals surface area contributed by atoms with Gasteiger partial charge in [0, 0.05) is 32.7 Å². The number of rotatable bonds is 8. The van der Waals surface area contributed by atoms with Crippen LogP contribution in [0.25, 0.3) is 0 Å². The molecule has 0 spiro atoms. The summed E-state index contributed by atoms with van der Waals surface area (Å²) in [6.07, 6.45) is 1.46. The molecule has 2 N–H and O–H groups in total. The summed E-state index contributed by atoms with van der Waals surface area (Å²) in [4.78, 5) is 11.2. The summed E-state index contributed by atoms with van der Waals surface area (Å²) in [5.41, 5.74) is -0.113. The van der Waals surface area contributed by atoms with Gasteiger partial charge in [0.15, 0.2) is 0 Å². The van der Waals surface area contributed by atoms with Crippen molar-refractivity contribution in [3.05, 3.63) is 0 Å². The van der Waals surface area contributed by atoms with Crippen molar-refractivity contribution < 1.29 is 9.53 Å².